The Balaban J connectivity index is 2.01. The first-order valence-electron chi connectivity index (χ1n) is 9.41. The van der Waals surface area contributed by atoms with Crippen molar-refractivity contribution in [2.75, 3.05) is 14.2 Å². The van der Waals surface area contributed by atoms with Gasteiger partial charge in [-0.15, -0.1) is 0 Å². The van der Waals surface area contributed by atoms with Gasteiger partial charge in [-0.1, -0.05) is 25.1 Å². The molecule has 0 fully saturated rings. The molecule has 0 bridgehead atoms. The van der Waals surface area contributed by atoms with Crippen LogP contribution in [0.15, 0.2) is 42.5 Å². The monoisotopic (exact) mass is 378 g/mol. The van der Waals surface area contributed by atoms with E-state index < -0.39 is 0 Å². The Morgan fingerprint density at radius 1 is 1.14 bits per heavy atom. The van der Waals surface area contributed by atoms with Crippen molar-refractivity contribution in [1.82, 2.24) is 10.3 Å². The zero-order valence-electron chi connectivity index (χ0n) is 17.0. The van der Waals surface area contributed by atoms with E-state index in [1.54, 1.807) is 14.2 Å². The molecule has 146 valence electrons. The highest BCUT2D eigenvalue weighted by Crippen LogP contribution is 2.30. The zero-order chi connectivity index (χ0) is 20.3. The first-order chi connectivity index (χ1) is 13.5. The molecule has 0 spiro atoms. The third-order valence-electron chi connectivity index (χ3n) is 5.05. The molecule has 0 aliphatic rings. The Kier molecular flexibility index (Phi) is 5.83. The summed E-state index contributed by atoms with van der Waals surface area (Å²) >= 11 is 0. The number of hydrogen-bond donors (Lipinski definition) is 1. The second-order valence-electron chi connectivity index (χ2n) is 6.73. The maximum absolute atomic E-state index is 13.3. The average Bonchev–Trinajstić information content (AvgIpc) is 2.72. The van der Waals surface area contributed by atoms with Crippen LogP contribution in [0.25, 0.3) is 10.9 Å². The number of amides is 1. The number of rotatable bonds is 6. The molecule has 0 aliphatic carbocycles. The summed E-state index contributed by atoms with van der Waals surface area (Å²) in [5.74, 6) is 1.30. The van der Waals surface area contributed by atoms with Gasteiger partial charge < -0.3 is 14.8 Å². The van der Waals surface area contributed by atoms with Gasteiger partial charge in [-0.3, -0.25) is 9.78 Å². The SMILES string of the molecule is CCc1nc2ccccc2c(C(=O)NC(C)c2cc(OC)ccc2OC)c1C. The molecule has 1 amide bonds. The van der Waals surface area contributed by atoms with Crippen LogP contribution in [0.2, 0.25) is 0 Å². The zero-order valence-corrected chi connectivity index (χ0v) is 17.0. The molecule has 1 aromatic heterocycles. The summed E-state index contributed by atoms with van der Waals surface area (Å²) in [6, 6.07) is 13.1. The molecule has 1 unspecified atom stereocenters. The van der Waals surface area contributed by atoms with Crippen molar-refractivity contribution in [2.24, 2.45) is 0 Å². The lowest BCUT2D eigenvalue weighted by Gasteiger charge is -2.20. The highest BCUT2D eigenvalue weighted by atomic mass is 16.5. The van der Waals surface area contributed by atoms with E-state index in [4.69, 9.17) is 14.5 Å². The van der Waals surface area contributed by atoms with Crippen molar-refractivity contribution >= 4 is 16.8 Å². The van der Waals surface area contributed by atoms with Gasteiger partial charge in [0.1, 0.15) is 11.5 Å². The lowest BCUT2D eigenvalue weighted by Crippen LogP contribution is -2.28. The predicted molar refractivity (Wildman–Crippen MR) is 111 cm³/mol. The highest BCUT2D eigenvalue weighted by molar-refractivity contribution is 6.07. The van der Waals surface area contributed by atoms with Crippen LogP contribution in [0.1, 0.15) is 47.1 Å². The number of para-hydroxylation sites is 1. The van der Waals surface area contributed by atoms with Crippen LogP contribution in [0.4, 0.5) is 0 Å². The largest absolute Gasteiger partial charge is 0.497 e. The van der Waals surface area contributed by atoms with Crippen LogP contribution in [-0.4, -0.2) is 25.1 Å². The highest BCUT2D eigenvalue weighted by Gasteiger charge is 2.21. The van der Waals surface area contributed by atoms with E-state index >= 15 is 0 Å². The molecular formula is C23H26N2O3. The molecule has 2 aromatic carbocycles. The van der Waals surface area contributed by atoms with Gasteiger partial charge >= 0.3 is 0 Å². The van der Waals surface area contributed by atoms with Crippen molar-refractivity contribution in [2.45, 2.75) is 33.2 Å². The average molecular weight is 378 g/mol. The molecule has 28 heavy (non-hydrogen) atoms. The fraction of sp³-hybridized carbons (Fsp3) is 0.304. The van der Waals surface area contributed by atoms with Crippen LogP contribution in [-0.2, 0) is 6.42 Å². The molecule has 0 aliphatic heterocycles. The predicted octanol–water partition coefficient (Wildman–Crippen LogP) is 4.61. The van der Waals surface area contributed by atoms with Crippen LogP contribution >= 0.6 is 0 Å². The van der Waals surface area contributed by atoms with E-state index in [2.05, 4.69) is 12.2 Å². The van der Waals surface area contributed by atoms with E-state index in [9.17, 15) is 4.79 Å². The van der Waals surface area contributed by atoms with Gasteiger partial charge in [0.2, 0.25) is 0 Å². The number of nitrogens with one attached hydrogen (secondary N) is 1. The minimum absolute atomic E-state index is 0.122. The van der Waals surface area contributed by atoms with Gasteiger partial charge in [0.05, 0.1) is 31.3 Å². The van der Waals surface area contributed by atoms with Crippen LogP contribution in [0.5, 0.6) is 11.5 Å². The van der Waals surface area contributed by atoms with Gasteiger partial charge in [0.25, 0.3) is 5.91 Å². The van der Waals surface area contributed by atoms with E-state index in [-0.39, 0.29) is 11.9 Å². The van der Waals surface area contributed by atoms with Gasteiger partial charge in [-0.25, -0.2) is 0 Å². The maximum Gasteiger partial charge on any atom is 0.252 e. The van der Waals surface area contributed by atoms with Crippen LogP contribution < -0.4 is 14.8 Å². The quantitative estimate of drug-likeness (QED) is 0.680. The second kappa shape index (κ2) is 8.30. The van der Waals surface area contributed by atoms with Crippen molar-refractivity contribution in [3.05, 3.63) is 64.8 Å². The number of carbonyl (C=O) groups excluding carboxylic acids is 1. The molecule has 1 N–H and O–H groups in total. The smallest absolute Gasteiger partial charge is 0.252 e. The molecule has 5 nitrogen and oxygen atoms in total. The van der Waals surface area contributed by atoms with Crippen molar-refractivity contribution < 1.29 is 14.3 Å². The van der Waals surface area contributed by atoms with Gasteiger partial charge in [-0.2, -0.15) is 0 Å². The Morgan fingerprint density at radius 3 is 2.57 bits per heavy atom. The first kappa shape index (κ1) is 19.7. The summed E-state index contributed by atoms with van der Waals surface area (Å²) in [5, 5.41) is 3.98. The normalized spacial score (nSPS) is 11.9. The molecule has 0 radical (unpaired) electrons. The summed E-state index contributed by atoms with van der Waals surface area (Å²) in [6.07, 6.45) is 0.774. The van der Waals surface area contributed by atoms with Crippen molar-refractivity contribution in [1.29, 1.82) is 0 Å². The number of benzene rings is 2. The van der Waals surface area contributed by atoms with E-state index in [0.29, 0.717) is 11.3 Å². The molecule has 5 heteroatoms. The Morgan fingerprint density at radius 2 is 1.89 bits per heavy atom. The Labute approximate surface area is 165 Å². The number of carbonyl (C=O) groups is 1. The van der Waals surface area contributed by atoms with Gasteiger partial charge in [0.15, 0.2) is 0 Å². The van der Waals surface area contributed by atoms with Crippen LogP contribution in [0, 0.1) is 6.92 Å². The Hall–Kier alpha value is -3.08. The molecule has 0 saturated heterocycles. The molecule has 0 saturated carbocycles. The van der Waals surface area contributed by atoms with Gasteiger partial charge in [-0.05, 0) is 50.1 Å². The van der Waals surface area contributed by atoms with Crippen LogP contribution in [0.3, 0.4) is 0 Å². The third kappa shape index (κ3) is 3.65. The standard InChI is InChI=1S/C23H26N2O3/c1-6-19-14(2)22(17-9-7-8-10-20(17)25-19)23(26)24-15(3)18-13-16(27-4)11-12-21(18)28-5/h7-13,15H,6H2,1-5H3,(H,24,26). The Bertz CT molecular complexity index is 1010. The topological polar surface area (TPSA) is 60.5 Å². The summed E-state index contributed by atoms with van der Waals surface area (Å²) in [6.45, 7) is 5.95. The lowest BCUT2D eigenvalue weighted by atomic mass is 9.98. The number of pyridine rings is 1. The number of fused-ring (bicyclic) bond motifs is 1. The van der Waals surface area contributed by atoms with Crippen molar-refractivity contribution in [3.8, 4) is 11.5 Å². The summed E-state index contributed by atoms with van der Waals surface area (Å²) in [4.78, 5) is 18.0. The second-order valence-corrected chi connectivity index (χ2v) is 6.73. The third-order valence-corrected chi connectivity index (χ3v) is 5.05. The molecule has 3 aromatic rings. The summed E-state index contributed by atoms with van der Waals surface area (Å²) in [5.41, 5.74) is 4.23. The number of methoxy groups -OCH3 is 2. The van der Waals surface area contributed by atoms with E-state index in [0.717, 1.165) is 39.9 Å². The lowest BCUT2D eigenvalue weighted by molar-refractivity contribution is 0.0940. The molecule has 3 rings (SSSR count). The number of aromatic nitrogens is 1. The van der Waals surface area contributed by atoms with E-state index in [1.807, 2.05) is 56.3 Å². The minimum atomic E-state index is -0.256. The maximum atomic E-state index is 13.3. The number of ether oxygens (including phenoxy) is 2. The first-order valence-corrected chi connectivity index (χ1v) is 9.41. The molecule has 1 heterocycles. The summed E-state index contributed by atoms with van der Waals surface area (Å²) < 4.78 is 10.8. The fourth-order valence-electron chi connectivity index (χ4n) is 3.52. The fourth-order valence-corrected chi connectivity index (χ4v) is 3.52. The molecule has 1 atom stereocenters. The number of aryl methyl sites for hydroxylation is 1. The molecular weight excluding hydrogens is 352 g/mol. The summed E-state index contributed by atoms with van der Waals surface area (Å²) in [7, 11) is 3.24. The number of nitrogens with zero attached hydrogens (tertiary/aromatic N) is 1. The van der Waals surface area contributed by atoms with Crippen molar-refractivity contribution in [3.63, 3.8) is 0 Å². The minimum Gasteiger partial charge on any atom is -0.497 e. The number of hydrogen-bond acceptors (Lipinski definition) is 4. The van der Waals surface area contributed by atoms with Gasteiger partial charge in [0, 0.05) is 16.6 Å². The van der Waals surface area contributed by atoms with E-state index in [1.165, 1.54) is 0 Å².